The van der Waals surface area contributed by atoms with Gasteiger partial charge in [-0.2, -0.15) is 0 Å². The van der Waals surface area contributed by atoms with E-state index in [1.54, 1.807) is 19.1 Å². The van der Waals surface area contributed by atoms with Crippen LogP contribution in [-0.2, 0) is 4.79 Å². The minimum atomic E-state index is -0.825. The summed E-state index contributed by atoms with van der Waals surface area (Å²) in [4.78, 5) is 12.4. The summed E-state index contributed by atoms with van der Waals surface area (Å²) in [6.07, 6.45) is 0.561. The first-order valence-electron chi connectivity index (χ1n) is 6.28. The Morgan fingerprint density at radius 1 is 1.37 bits per heavy atom. The molecule has 0 bridgehead atoms. The van der Waals surface area contributed by atoms with Gasteiger partial charge in [0, 0.05) is 5.69 Å². The Bertz CT molecular complexity index is 459. The summed E-state index contributed by atoms with van der Waals surface area (Å²) in [6, 6.07) is 7.20. The monoisotopic (exact) mass is 280 g/mol. The molecule has 0 heterocycles. The smallest absolute Gasteiger partial charge is 0.237 e. The normalized spacial score (nSPS) is 13.4. The summed E-state index contributed by atoms with van der Waals surface area (Å²) in [5.74, 6) is 0.583. The molecule has 0 aliphatic carbocycles. The second-order valence-corrected chi connectivity index (χ2v) is 4.90. The Morgan fingerprint density at radius 2 is 1.95 bits per heavy atom. The highest BCUT2D eigenvalue weighted by molar-refractivity contribution is 7.80. The third-order valence-corrected chi connectivity index (χ3v) is 3.63. The maximum Gasteiger partial charge on any atom is 0.237 e. The number of anilines is 1. The largest absolute Gasteiger partial charge is 0.494 e. The fraction of sp³-hybridized carbons (Fsp3) is 0.429. The molecular formula is C14H20N2O2S. The molecule has 1 rings (SSSR count). The molecule has 1 amide bonds. The first-order valence-corrected chi connectivity index (χ1v) is 6.69. The third-order valence-electron chi connectivity index (χ3n) is 3.18. The Morgan fingerprint density at radius 3 is 2.37 bits per heavy atom. The van der Waals surface area contributed by atoms with Gasteiger partial charge in [-0.1, -0.05) is 19.1 Å². The summed E-state index contributed by atoms with van der Waals surface area (Å²) in [7, 11) is 0. The minimum Gasteiger partial charge on any atom is -0.494 e. The number of carbonyl (C=O) groups excluding carboxylic acids is 1. The van der Waals surface area contributed by atoms with E-state index in [0.717, 1.165) is 5.75 Å². The van der Waals surface area contributed by atoms with E-state index in [4.69, 9.17) is 22.7 Å². The first-order chi connectivity index (χ1) is 8.93. The molecule has 5 heteroatoms. The van der Waals surface area contributed by atoms with Crippen molar-refractivity contribution in [3.8, 4) is 5.75 Å². The van der Waals surface area contributed by atoms with Crippen molar-refractivity contribution >= 4 is 28.8 Å². The second-order valence-electron chi connectivity index (χ2n) is 4.46. The zero-order chi connectivity index (χ0) is 14.5. The van der Waals surface area contributed by atoms with Gasteiger partial charge in [0.25, 0.3) is 0 Å². The molecule has 0 aromatic heterocycles. The van der Waals surface area contributed by atoms with E-state index in [0.29, 0.717) is 18.7 Å². The van der Waals surface area contributed by atoms with Gasteiger partial charge >= 0.3 is 0 Å². The number of rotatable bonds is 6. The van der Waals surface area contributed by atoms with E-state index in [1.165, 1.54) is 0 Å². The molecule has 0 spiro atoms. The fourth-order valence-corrected chi connectivity index (χ4v) is 1.75. The molecule has 0 aliphatic heterocycles. The quantitative estimate of drug-likeness (QED) is 0.786. The van der Waals surface area contributed by atoms with Crippen LogP contribution in [0.1, 0.15) is 27.2 Å². The number of hydrogen-bond donors (Lipinski definition) is 2. The fourth-order valence-electron chi connectivity index (χ4n) is 1.52. The van der Waals surface area contributed by atoms with Crippen molar-refractivity contribution in [3.63, 3.8) is 0 Å². The lowest BCUT2D eigenvalue weighted by Gasteiger charge is -2.25. The van der Waals surface area contributed by atoms with Crippen LogP contribution in [-0.4, -0.2) is 17.5 Å². The predicted molar refractivity (Wildman–Crippen MR) is 81.4 cm³/mol. The summed E-state index contributed by atoms with van der Waals surface area (Å²) in [5.41, 5.74) is 5.52. The average molecular weight is 280 g/mol. The number of nitrogens with two attached hydrogens (primary N) is 1. The van der Waals surface area contributed by atoms with Crippen LogP contribution in [0, 0.1) is 5.41 Å². The SMILES string of the molecule is CCOc1ccc(NC(=O)C(C)(CC)C(N)=S)cc1. The van der Waals surface area contributed by atoms with Crippen LogP contribution in [0.3, 0.4) is 0 Å². The Kier molecular flexibility index (Phi) is 5.30. The van der Waals surface area contributed by atoms with E-state index in [-0.39, 0.29) is 10.9 Å². The van der Waals surface area contributed by atoms with Crippen molar-refractivity contribution in [2.45, 2.75) is 27.2 Å². The topological polar surface area (TPSA) is 64.3 Å². The molecule has 1 aromatic rings. The maximum atomic E-state index is 12.2. The molecular weight excluding hydrogens is 260 g/mol. The van der Waals surface area contributed by atoms with Gasteiger partial charge in [-0.15, -0.1) is 0 Å². The van der Waals surface area contributed by atoms with Gasteiger partial charge in [0.2, 0.25) is 5.91 Å². The molecule has 0 fully saturated rings. The summed E-state index contributed by atoms with van der Waals surface area (Å²) in [6.45, 7) is 6.17. The average Bonchev–Trinajstić information content (AvgIpc) is 2.40. The molecule has 1 atom stereocenters. The van der Waals surface area contributed by atoms with E-state index in [2.05, 4.69) is 5.32 Å². The first kappa shape index (κ1) is 15.4. The van der Waals surface area contributed by atoms with Gasteiger partial charge in [-0.05, 0) is 44.5 Å². The molecule has 0 saturated carbocycles. The lowest BCUT2D eigenvalue weighted by atomic mass is 9.86. The van der Waals surface area contributed by atoms with Crippen LogP contribution in [0.25, 0.3) is 0 Å². The van der Waals surface area contributed by atoms with Crippen LogP contribution >= 0.6 is 12.2 Å². The molecule has 1 unspecified atom stereocenters. The van der Waals surface area contributed by atoms with Crippen LogP contribution < -0.4 is 15.8 Å². The molecule has 104 valence electrons. The van der Waals surface area contributed by atoms with E-state index < -0.39 is 5.41 Å². The van der Waals surface area contributed by atoms with E-state index in [9.17, 15) is 4.79 Å². The highest BCUT2D eigenvalue weighted by Gasteiger charge is 2.34. The molecule has 4 nitrogen and oxygen atoms in total. The molecule has 3 N–H and O–H groups in total. The zero-order valence-electron chi connectivity index (χ0n) is 11.5. The van der Waals surface area contributed by atoms with Gasteiger partial charge in [0.05, 0.1) is 17.0 Å². The van der Waals surface area contributed by atoms with E-state index in [1.807, 2.05) is 26.0 Å². The Labute approximate surface area is 119 Å². The maximum absolute atomic E-state index is 12.2. The van der Waals surface area contributed by atoms with Crippen molar-refractivity contribution < 1.29 is 9.53 Å². The Balaban J connectivity index is 2.79. The van der Waals surface area contributed by atoms with Crippen molar-refractivity contribution in [2.75, 3.05) is 11.9 Å². The zero-order valence-corrected chi connectivity index (χ0v) is 12.3. The number of benzene rings is 1. The number of carbonyl (C=O) groups is 1. The molecule has 19 heavy (non-hydrogen) atoms. The van der Waals surface area contributed by atoms with Crippen LogP contribution in [0.15, 0.2) is 24.3 Å². The number of amides is 1. The van der Waals surface area contributed by atoms with E-state index >= 15 is 0 Å². The molecule has 0 aliphatic rings. The van der Waals surface area contributed by atoms with Gasteiger partial charge in [0.15, 0.2) is 0 Å². The second kappa shape index (κ2) is 6.52. The van der Waals surface area contributed by atoms with Gasteiger partial charge in [-0.25, -0.2) is 0 Å². The molecule has 0 radical (unpaired) electrons. The Hall–Kier alpha value is -1.62. The lowest BCUT2D eigenvalue weighted by Crippen LogP contribution is -2.43. The van der Waals surface area contributed by atoms with Crippen LogP contribution in [0.4, 0.5) is 5.69 Å². The van der Waals surface area contributed by atoms with Gasteiger partial charge < -0.3 is 15.8 Å². The van der Waals surface area contributed by atoms with Gasteiger partial charge in [-0.3, -0.25) is 4.79 Å². The lowest BCUT2D eigenvalue weighted by molar-refractivity contribution is -0.121. The van der Waals surface area contributed by atoms with Crippen molar-refractivity contribution in [2.24, 2.45) is 11.1 Å². The third kappa shape index (κ3) is 3.67. The van der Waals surface area contributed by atoms with Crippen LogP contribution in [0.5, 0.6) is 5.75 Å². The van der Waals surface area contributed by atoms with Crippen molar-refractivity contribution in [1.82, 2.24) is 0 Å². The number of hydrogen-bond acceptors (Lipinski definition) is 3. The van der Waals surface area contributed by atoms with Crippen molar-refractivity contribution in [1.29, 1.82) is 0 Å². The number of ether oxygens (including phenoxy) is 1. The predicted octanol–water partition coefficient (Wildman–Crippen LogP) is 2.73. The summed E-state index contributed by atoms with van der Waals surface area (Å²) in [5, 5.41) is 2.82. The molecule has 0 saturated heterocycles. The minimum absolute atomic E-state index is 0.188. The standard InChI is InChI=1S/C14H20N2O2S/c1-4-14(3,12(15)19)13(17)16-10-6-8-11(9-7-10)18-5-2/h6-9H,4-5H2,1-3H3,(H2,15,19)(H,16,17). The summed E-state index contributed by atoms with van der Waals surface area (Å²) < 4.78 is 5.34. The number of nitrogens with one attached hydrogen (secondary N) is 1. The number of thiocarbonyl (C=S) groups is 1. The van der Waals surface area contributed by atoms with Crippen molar-refractivity contribution in [3.05, 3.63) is 24.3 Å². The summed E-state index contributed by atoms with van der Waals surface area (Å²) >= 11 is 4.97. The molecule has 1 aromatic carbocycles. The van der Waals surface area contributed by atoms with Gasteiger partial charge in [0.1, 0.15) is 5.75 Å². The van der Waals surface area contributed by atoms with Crippen LogP contribution in [0.2, 0.25) is 0 Å². The highest BCUT2D eigenvalue weighted by atomic mass is 32.1. The highest BCUT2D eigenvalue weighted by Crippen LogP contribution is 2.24.